The molecule has 1 heterocycles. The number of anilines is 1. The van der Waals surface area contributed by atoms with Gasteiger partial charge >= 0.3 is 0 Å². The number of rotatable bonds is 10. The number of thiazole rings is 1. The first-order chi connectivity index (χ1) is 18.1. The van der Waals surface area contributed by atoms with Crippen LogP contribution in [0.2, 0.25) is 0 Å². The summed E-state index contributed by atoms with van der Waals surface area (Å²) < 4.78 is 31.0. The van der Waals surface area contributed by atoms with Gasteiger partial charge in [0.05, 0.1) is 39.0 Å². The zero-order valence-corrected chi connectivity index (χ0v) is 21.7. The SMILES string of the molecule is CCS(=O)(=O)c1ccc(C(Oc2ccc([N+](=O)[O-])cc2)C(=O)Nc2nc3cc(CO)c(CO)cc3s2)cc1. The number of sulfone groups is 1. The van der Waals surface area contributed by atoms with Crippen molar-refractivity contribution in [2.75, 3.05) is 11.1 Å². The monoisotopic (exact) mass is 557 g/mol. The quantitative estimate of drug-likeness (QED) is 0.194. The third-order valence-corrected chi connectivity index (χ3v) is 8.43. The van der Waals surface area contributed by atoms with Gasteiger partial charge in [-0.2, -0.15) is 0 Å². The number of carbonyl (C=O) groups excluding carboxylic acids is 1. The van der Waals surface area contributed by atoms with Crippen LogP contribution in [0.25, 0.3) is 10.2 Å². The molecule has 0 bridgehead atoms. The average Bonchev–Trinajstić information content (AvgIpc) is 3.31. The number of ether oxygens (including phenoxy) is 1. The average molecular weight is 558 g/mol. The van der Waals surface area contributed by atoms with Crippen LogP contribution in [-0.4, -0.2) is 40.2 Å². The zero-order chi connectivity index (χ0) is 27.4. The first-order valence-electron chi connectivity index (χ1n) is 11.3. The van der Waals surface area contributed by atoms with Gasteiger partial charge in [0.25, 0.3) is 11.6 Å². The molecule has 1 unspecified atom stereocenters. The van der Waals surface area contributed by atoms with Crippen LogP contribution in [0.5, 0.6) is 5.75 Å². The number of aromatic nitrogens is 1. The van der Waals surface area contributed by atoms with E-state index in [1.54, 1.807) is 12.1 Å². The van der Waals surface area contributed by atoms with Crippen LogP contribution in [-0.2, 0) is 27.8 Å². The Morgan fingerprint density at radius 2 is 1.71 bits per heavy atom. The highest BCUT2D eigenvalue weighted by atomic mass is 32.2. The molecule has 0 aliphatic carbocycles. The smallest absolute Gasteiger partial charge is 0.271 e. The Hall–Kier alpha value is -3.91. The number of fused-ring (bicyclic) bond motifs is 1. The van der Waals surface area contributed by atoms with Crippen LogP contribution in [0.1, 0.15) is 29.7 Å². The Morgan fingerprint density at radius 3 is 2.29 bits per heavy atom. The third kappa shape index (κ3) is 5.81. The number of carbonyl (C=O) groups is 1. The Morgan fingerprint density at radius 1 is 1.08 bits per heavy atom. The van der Waals surface area contributed by atoms with Crippen molar-refractivity contribution in [2.24, 2.45) is 0 Å². The molecule has 3 aromatic carbocycles. The van der Waals surface area contributed by atoms with Gasteiger partial charge in [-0.15, -0.1) is 0 Å². The van der Waals surface area contributed by atoms with Crippen LogP contribution >= 0.6 is 11.3 Å². The highest BCUT2D eigenvalue weighted by molar-refractivity contribution is 7.91. The highest BCUT2D eigenvalue weighted by Gasteiger charge is 2.25. The van der Waals surface area contributed by atoms with Crippen molar-refractivity contribution >= 4 is 48.1 Å². The van der Waals surface area contributed by atoms with E-state index in [4.69, 9.17) is 4.74 Å². The lowest BCUT2D eigenvalue weighted by atomic mass is 10.1. The van der Waals surface area contributed by atoms with Gasteiger partial charge < -0.3 is 14.9 Å². The maximum atomic E-state index is 13.4. The maximum Gasteiger partial charge on any atom is 0.271 e. The van der Waals surface area contributed by atoms with Crippen molar-refractivity contribution < 1.29 is 33.1 Å². The van der Waals surface area contributed by atoms with Gasteiger partial charge in [0.15, 0.2) is 15.0 Å². The molecule has 1 aromatic heterocycles. The molecule has 0 aliphatic rings. The number of benzene rings is 3. The van der Waals surface area contributed by atoms with Crippen molar-refractivity contribution in [3.63, 3.8) is 0 Å². The summed E-state index contributed by atoms with van der Waals surface area (Å²) in [4.78, 5) is 28.3. The minimum absolute atomic E-state index is 0.0802. The standard InChI is InChI=1S/C25H23N3O8S2/c1-2-38(34,35)20-9-3-15(4-10-20)23(36-19-7-5-18(6-8-19)28(32)33)24(31)27-25-26-21-11-16(13-29)17(14-30)12-22(21)37-25/h3-12,23,29-30H,2,13-14H2,1H3,(H,26,27,31). The fourth-order valence-electron chi connectivity index (χ4n) is 3.65. The molecule has 0 radical (unpaired) electrons. The Bertz CT molecular complexity index is 1540. The number of aliphatic hydroxyl groups excluding tert-OH is 2. The van der Waals surface area contributed by atoms with E-state index in [-0.39, 0.29) is 40.4 Å². The van der Waals surface area contributed by atoms with E-state index in [2.05, 4.69) is 10.3 Å². The molecule has 1 amide bonds. The van der Waals surface area contributed by atoms with Gasteiger partial charge in [0, 0.05) is 17.7 Å². The van der Waals surface area contributed by atoms with Gasteiger partial charge in [0.1, 0.15) is 5.75 Å². The summed E-state index contributed by atoms with van der Waals surface area (Å²) in [7, 11) is -3.46. The van der Waals surface area contributed by atoms with Gasteiger partial charge in [-0.05, 0) is 47.5 Å². The fraction of sp³-hybridized carbons (Fsp3) is 0.200. The fourth-order valence-corrected chi connectivity index (χ4v) is 5.45. The molecule has 198 valence electrons. The van der Waals surface area contributed by atoms with Crippen LogP contribution < -0.4 is 10.1 Å². The zero-order valence-electron chi connectivity index (χ0n) is 20.0. The van der Waals surface area contributed by atoms with Crippen LogP contribution in [0.4, 0.5) is 10.8 Å². The van der Waals surface area contributed by atoms with Crippen LogP contribution in [0, 0.1) is 10.1 Å². The van der Waals surface area contributed by atoms with E-state index in [0.717, 1.165) is 11.3 Å². The summed E-state index contributed by atoms with van der Waals surface area (Å²) in [5.41, 5.74) is 1.79. The summed E-state index contributed by atoms with van der Waals surface area (Å²) in [6.07, 6.45) is -1.25. The molecular formula is C25H23N3O8S2. The number of aliphatic hydroxyl groups is 2. The van der Waals surface area contributed by atoms with Gasteiger partial charge in [0.2, 0.25) is 6.10 Å². The lowest BCUT2D eigenvalue weighted by molar-refractivity contribution is -0.384. The van der Waals surface area contributed by atoms with Crippen LogP contribution in [0.15, 0.2) is 65.6 Å². The molecule has 13 heteroatoms. The van der Waals surface area contributed by atoms with Crippen molar-refractivity contribution in [3.05, 3.63) is 87.5 Å². The molecular weight excluding hydrogens is 534 g/mol. The molecule has 38 heavy (non-hydrogen) atoms. The first-order valence-corrected chi connectivity index (χ1v) is 13.8. The molecule has 0 spiro atoms. The molecule has 11 nitrogen and oxygen atoms in total. The van der Waals surface area contributed by atoms with Crippen molar-refractivity contribution in [1.82, 2.24) is 4.98 Å². The second-order valence-electron chi connectivity index (χ2n) is 8.13. The van der Waals surface area contributed by atoms with Gasteiger partial charge in [-0.3, -0.25) is 20.2 Å². The minimum Gasteiger partial charge on any atom is -0.476 e. The minimum atomic E-state index is -3.46. The van der Waals surface area contributed by atoms with Crippen LogP contribution in [0.3, 0.4) is 0 Å². The Labute approximate surface area is 221 Å². The second-order valence-corrected chi connectivity index (χ2v) is 11.4. The number of amides is 1. The van der Waals surface area contributed by atoms with E-state index < -0.39 is 26.8 Å². The number of nitrogens with zero attached hydrogens (tertiary/aromatic N) is 2. The molecule has 0 saturated heterocycles. The number of nitro groups is 1. The summed E-state index contributed by atoms with van der Waals surface area (Å²) in [5.74, 6) is -0.507. The highest BCUT2D eigenvalue weighted by Crippen LogP contribution is 2.31. The Kier molecular flexibility index (Phi) is 8.02. The second kappa shape index (κ2) is 11.2. The Balaban J connectivity index is 1.66. The lowest BCUT2D eigenvalue weighted by Gasteiger charge is -2.19. The van der Waals surface area contributed by atoms with E-state index in [1.165, 1.54) is 55.5 Å². The number of nitrogens with one attached hydrogen (secondary N) is 1. The normalized spacial score (nSPS) is 12.3. The largest absolute Gasteiger partial charge is 0.476 e. The number of hydrogen-bond donors (Lipinski definition) is 3. The predicted octanol–water partition coefficient (Wildman–Crippen LogP) is 3.74. The predicted molar refractivity (Wildman–Crippen MR) is 141 cm³/mol. The number of nitro benzene ring substituents is 1. The maximum absolute atomic E-state index is 13.4. The van der Waals surface area contributed by atoms with Crippen molar-refractivity contribution in [1.29, 1.82) is 0 Å². The van der Waals surface area contributed by atoms with Gasteiger partial charge in [-0.25, -0.2) is 13.4 Å². The molecule has 4 aromatic rings. The molecule has 4 rings (SSSR count). The summed E-state index contributed by atoms with van der Waals surface area (Å²) >= 11 is 1.16. The van der Waals surface area contributed by atoms with Gasteiger partial charge in [-0.1, -0.05) is 30.4 Å². The van der Waals surface area contributed by atoms with Crippen molar-refractivity contribution in [3.8, 4) is 5.75 Å². The summed E-state index contributed by atoms with van der Waals surface area (Å²) in [6, 6.07) is 14.2. The molecule has 0 aliphatic heterocycles. The molecule has 0 fully saturated rings. The number of non-ortho nitro benzene ring substituents is 1. The topological polar surface area (TPSA) is 169 Å². The van der Waals surface area contributed by atoms with E-state index in [1.807, 2.05) is 0 Å². The molecule has 0 saturated carbocycles. The van der Waals surface area contributed by atoms with E-state index >= 15 is 0 Å². The van der Waals surface area contributed by atoms with E-state index in [9.17, 15) is 33.5 Å². The summed E-state index contributed by atoms with van der Waals surface area (Å²) in [6.45, 7) is 0.989. The lowest BCUT2D eigenvalue weighted by Crippen LogP contribution is -2.25. The summed E-state index contributed by atoms with van der Waals surface area (Å²) in [5, 5.41) is 33.0. The molecule has 3 N–H and O–H groups in total. The van der Waals surface area contributed by atoms with Crippen molar-refractivity contribution in [2.45, 2.75) is 31.1 Å². The third-order valence-electron chi connectivity index (χ3n) is 5.74. The molecule has 1 atom stereocenters. The van der Waals surface area contributed by atoms with E-state index in [0.29, 0.717) is 26.9 Å². The number of hydrogen-bond acceptors (Lipinski definition) is 10. The first kappa shape index (κ1) is 27.1.